The minimum absolute atomic E-state index is 0.0510. The number of rotatable bonds is 8. The van der Waals surface area contributed by atoms with Gasteiger partial charge in [-0.3, -0.25) is 0 Å². The van der Waals surface area contributed by atoms with Gasteiger partial charge in [0.1, 0.15) is 11.6 Å². The maximum atomic E-state index is 13.4. The van der Waals surface area contributed by atoms with Crippen LogP contribution >= 0.6 is 22.9 Å². The highest BCUT2D eigenvalue weighted by Crippen LogP contribution is 2.38. The van der Waals surface area contributed by atoms with Crippen molar-refractivity contribution in [2.75, 3.05) is 12.4 Å². The third-order valence-corrected chi connectivity index (χ3v) is 6.51. The van der Waals surface area contributed by atoms with Crippen LogP contribution in [0, 0.1) is 32.0 Å². The van der Waals surface area contributed by atoms with E-state index in [4.69, 9.17) is 27.7 Å². The number of nitrogens with zero attached hydrogens (tertiary/aromatic N) is 1. The molecule has 2 atom stereocenters. The molecule has 31 heavy (non-hydrogen) atoms. The van der Waals surface area contributed by atoms with Gasteiger partial charge >= 0.3 is 0 Å². The van der Waals surface area contributed by atoms with Crippen LogP contribution in [0.5, 0.6) is 5.75 Å². The Morgan fingerprint density at radius 2 is 1.97 bits per heavy atom. The number of methoxy groups -OCH3 is 1. The van der Waals surface area contributed by atoms with Gasteiger partial charge in [-0.1, -0.05) is 43.0 Å². The predicted octanol–water partition coefficient (Wildman–Crippen LogP) is 7.23. The van der Waals surface area contributed by atoms with Crippen LogP contribution < -0.4 is 10.1 Å². The van der Waals surface area contributed by atoms with E-state index in [2.05, 4.69) is 18.2 Å². The molecule has 6 heteroatoms. The van der Waals surface area contributed by atoms with E-state index in [9.17, 15) is 4.39 Å². The highest BCUT2D eigenvalue weighted by atomic mass is 35.5. The standard InChI is InChI=1S/C25H26ClFN2OS/c1-6-8-19(17-9-11-18(27)12-10-17)22(7-2)28-25-29-24(16(4)31-25)20-13-15(3)23(30-5)14-21(20)26/h2,9-14,19,22H,6,8H2,1,3-5H3,(H,28,29). The smallest absolute Gasteiger partial charge is 0.184 e. The lowest BCUT2D eigenvalue weighted by Crippen LogP contribution is -2.26. The maximum absolute atomic E-state index is 13.4. The summed E-state index contributed by atoms with van der Waals surface area (Å²) >= 11 is 8.06. The van der Waals surface area contributed by atoms with Gasteiger partial charge in [-0.25, -0.2) is 9.37 Å². The van der Waals surface area contributed by atoms with Gasteiger partial charge in [-0.2, -0.15) is 0 Å². The highest BCUT2D eigenvalue weighted by molar-refractivity contribution is 7.16. The summed E-state index contributed by atoms with van der Waals surface area (Å²) in [6, 6.07) is 10.1. The van der Waals surface area contributed by atoms with Crippen molar-refractivity contribution < 1.29 is 9.13 Å². The molecule has 2 aromatic carbocycles. The fraction of sp³-hybridized carbons (Fsp3) is 0.320. The molecule has 3 rings (SSSR count). The number of ether oxygens (including phenoxy) is 1. The van der Waals surface area contributed by atoms with Gasteiger partial charge in [-0.15, -0.1) is 17.8 Å². The summed E-state index contributed by atoms with van der Waals surface area (Å²) in [4.78, 5) is 5.84. The Kier molecular flexibility index (Phi) is 7.59. The lowest BCUT2D eigenvalue weighted by molar-refractivity contribution is 0.412. The summed E-state index contributed by atoms with van der Waals surface area (Å²) < 4.78 is 18.8. The monoisotopic (exact) mass is 456 g/mol. The highest BCUT2D eigenvalue weighted by Gasteiger charge is 2.23. The summed E-state index contributed by atoms with van der Waals surface area (Å²) in [5, 5.41) is 4.75. The van der Waals surface area contributed by atoms with E-state index in [1.807, 2.05) is 26.0 Å². The van der Waals surface area contributed by atoms with Crippen LogP contribution in [0.15, 0.2) is 36.4 Å². The van der Waals surface area contributed by atoms with E-state index in [1.54, 1.807) is 30.6 Å². The number of aryl methyl sites for hydroxylation is 2. The van der Waals surface area contributed by atoms with Crippen molar-refractivity contribution >= 4 is 28.1 Å². The molecule has 0 saturated heterocycles. The molecular weight excluding hydrogens is 431 g/mol. The van der Waals surface area contributed by atoms with E-state index in [0.717, 1.165) is 51.0 Å². The van der Waals surface area contributed by atoms with E-state index in [1.165, 1.54) is 12.1 Å². The molecule has 1 N–H and O–H groups in total. The number of hydrogen-bond acceptors (Lipinski definition) is 4. The Hall–Kier alpha value is -2.55. The largest absolute Gasteiger partial charge is 0.496 e. The molecule has 0 radical (unpaired) electrons. The lowest BCUT2D eigenvalue weighted by atomic mass is 9.88. The van der Waals surface area contributed by atoms with E-state index < -0.39 is 0 Å². The van der Waals surface area contributed by atoms with Crippen LogP contribution in [-0.2, 0) is 0 Å². The molecule has 0 aliphatic carbocycles. The first-order valence-electron chi connectivity index (χ1n) is 10.2. The zero-order valence-corrected chi connectivity index (χ0v) is 19.7. The van der Waals surface area contributed by atoms with Gasteiger partial charge in [0.2, 0.25) is 0 Å². The lowest BCUT2D eigenvalue weighted by Gasteiger charge is -2.24. The first-order chi connectivity index (χ1) is 14.9. The van der Waals surface area contributed by atoms with E-state index in [-0.39, 0.29) is 17.8 Å². The van der Waals surface area contributed by atoms with Crippen LogP contribution in [0.4, 0.5) is 9.52 Å². The number of thiazole rings is 1. The van der Waals surface area contributed by atoms with Crippen molar-refractivity contribution in [1.82, 2.24) is 4.98 Å². The Morgan fingerprint density at radius 3 is 2.58 bits per heavy atom. The quantitative estimate of drug-likeness (QED) is 0.363. The molecular formula is C25H26ClFN2OS. The normalized spacial score (nSPS) is 12.8. The molecule has 0 spiro atoms. The minimum atomic E-state index is -0.267. The molecule has 0 amide bonds. The van der Waals surface area contributed by atoms with Crippen LogP contribution in [0.2, 0.25) is 5.02 Å². The average Bonchev–Trinajstić information content (AvgIpc) is 3.12. The van der Waals surface area contributed by atoms with Gasteiger partial charge in [0.25, 0.3) is 0 Å². The van der Waals surface area contributed by atoms with Crippen molar-refractivity contribution in [2.45, 2.75) is 45.6 Å². The summed E-state index contributed by atoms with van der Waals surface area (Å²) in [6.07, 6.45) is 7.75. The zero-order valence-electron chi connectivity index (χ0n) is 18.1. The molecule has 0 aliphatic heterocycles. The second-order valence-electron chi connectivity index (χ2n) is 7.46. The minimum Gasteiger partial charge on any atom is -0.496 e. The maximum Gasteiger partial charge on any atom is 0.184 e. The average molecular weight is 457 g/mol. The molecule has 3 aromatic rings. The van der Waals surface area contributed by atoms with Crippen LogP contribution in [0.3, 0.4) is 0 Å². The fourth-order valence-corrected chi connectivity index (χ4v) is 4.82. The molecule has 0 aliphatic rings. The number of nitrogens with one attached hydrogen (secondary N) is 1. The summed E-state index contributed by atoms with van der Waals surface area (Å²) in [7, 11) is 1.63. The third-order valence-electron chi connectivity index (χ3n) is 5.29. The first kappa shape index (κ1) is 23.1. The van der Waals surface area contributed by atoms with Gasteiger partial charge in [0.05, 0.1) is 23.9 Å². The molecule has 0 fully saturated rings. The Bertz CT molecular complexity index is 1090. The summed E-state index contributed by atoms with van der Waals surface area (Å²) in [5.74, 6) is 3.41. The second-order valence-corrected chi connectivity index (χ2v) is 9.07. The van der Waals surface area contributed by atoms with Crippen molar-refractivity contribution in [3.05, 3.63) is 63.2 Å². The molecule has 162 valence electrons. The number of benzene rings is 2. The molecule has 2 unspecified atom stereocenters. The van der Waals surface area contributed by atoms with Crippen molar-refractivity contribution in [3.63, 3.8) is 0 Å². The number of halogens is 2. The number of anilines is 1. The van der Waals surface area contributed by atoms with Gasteiger partial charge < -0.3 is 10.1 Å². The zero-order chi connectivity index (χ0) is 22.5. The summed E-state index contributed by atoms with van der Waals surface area (Å²) in [6.45, 7) is 6.11. The van der Waals surface area contributed by atoms with Crippen molar-refractivity contribution in [3.8, 4) is 29.4 Å². The Morgan fingerprint density at radius 1 is 1.26 bits per heavy atom. The molecule has 0 bridgehead atoms. The van der Waals surface area contributed by atoms with E-state index >= 15 is 0 Å². The molecule has 1 heterocycles. The number of aromatic nitrogens is 1. The molecule has 3 nitrogen and oxygen atoms in total. The van der Waals surface area contributed by atoms with Crippen LogP contribution in [-0.4, -0.2) is 18.1 Å². The Balaban J connectivity index is 1.91. The SMILES string of the molecule is C#CC(Nc1nc(-c2cc(C)c(OC)cc2Cl)c(C)s1)C(CCC)c1ccc(F)cc1. The third kappa shape index (κ3) is 5.20. The Labute approximate surface area is 192 Å². The van der Waals surface area contributed by atoms with Crippen LogP contribution in [0.25, 0.3) is 11.3 Å². The van der Waals surface area contributed by atoms with Gasteiger partial charge in [-0.05, 0) is 55.7 Å². The summed E-state index contributed by atoms with van der Waals surface area (Å²) in [5.41, 5.74) is 3.70. The molecule has 0 saturated carbocycles. The molecule has 1 aromatic heterocycles. The number of terminal acetylenes is 1. The van der Waals surface area contributed by atoms with Crippen LogP contribution in [0.1, 0.15) is 41.7 Å². The van der Waals surface area contributed by atoms with E-state index in [0.29, 0.717) is 5.02 Å². The first-order valence-corrected chi connectivity index (χ1v) is 11.4. The topological polar surface area (TPSA) is 34.2 Å². The van der Waals surface area contributed by atoms with Gasteiger partial charge in [0.15, 0.2) is 5.13 Å². The number of hydrogen-bond donors (Lipinski definition) is 1. The van der Waals surface area contributed by atoms with Crippen molar-refractivity contribution in [1.29, 1.82) is 0 Å². The second kappa shape index (κ2) is 10.2. The fourth-order valence-electron chi connectivity index (χ4n) is 3.71. The predicted molar refractivity (Wildman–Crippen MR) is 129 cm³/mol. The van der Waals surface area contributed by atoms with Gasteiger partial charge in [0, 0.05) is 16.4 Å². The van der Waals surface area contributed by atoms with Crippen molar-refractivity contribution in [2.24, 2.45) is 0 Å².